The molecule has 0 spiro atoms. The highest BCUT2D eigenvalue weighted by atomic mass is 14.5. The molecular weight excluding hydrogens is 144 g/mol. The first-order valence-electron chi connectivity index (χ1n) is 5.58. The van der Waals surface area contributed by atoms with Crippen molar-refractivity contribution < 1.29 is 0 Å². The maximum Gasteiger partial charge on any atom is -0.0249 e. The van der Waals surface area contributed by atoms with Crippen molar-refractivity contribution in [3.63, 3.8) is 0 Å². The van der Waals surface area contributed by atoms with Gasteiger partial charge in [0, 0.05) is 0 Å². The van der Waals surface area contributed by atoms with Crippen molar-refractivity contribution in [1.82, 2.24) is 0 Å². The lowest BCUT2D eigenvalue weighted by Gasteiger charge is -2.43. The van der Waals surface area contributed by atoms with E-state index in [2.05, 4.69) is 27.7 Å². The van der Waals surface area contributed by atoms with E-state index in [1.54, 1.807) is 0 Å². The van der Waals surface area contributed by atoms with Crippen LogP contribution in [0.1, 0.15) is 66.2 Å². The Bertz CT molecular complexity index is 138. The fourth-order valence-corrected chi connectivity index (χ4v) is 2.94. The molecule has 0 aliphatic heterocycles. The summed E-state index contributed by atoms with van der Waals surface area (Å²) in [5.74, 6) is 0. The molecule has 0 saturated heterocycles. The molecule has 1 fully saturated rings. The zero-order chi connectivity index (χ0) is 9.24. The maximum atomic E-state index is 2.46. The molecule has 72 valence electrons. The van der Waals surface area contributed by atoms with Gasteiger partial charge in [-0.25, -0.2) is 0 Å². The van der Waals surface area contributed by atoms with Crippen LogP contribution in [0, 0.1) is 10.8 Å². The molecule has 1 rings (SSSR count). The van der Waals surface area contributed by atoms with Crippen LogP contribution in [0.15, 0.2) is 0 Å². The van der Waals surface area contributed by atoms with E-state index < -0.39 is 0 Å². The van der Waals surface area contributed by atoms with E-state index in [1.165, 1.54) is 38.5 Å². The van der Waals surface area contributed by atoms with Crippen LogP contribution < -0.4 is 0 Å². The fourth-order valence-electron chi connectivity index (χ4n) is 2.94. The summed E-state index contributed by atoms with van der Waals surface area (Å²) in [4.78, 5) is 0. The molecule has 0 aromatic heterocycles. The van der Waals surface area contributed by atoms with Gasteiger partial charge in [-0.1, -0.05) is 47.0 Å². The van der Waals surface area contributed by atoms with Gasteiger partial charge in [-0.05, 0) is 30.1 Å². The smallest absolute Gasteiger partial charge is 0.0249 e. The van der Waals surface area contributed by atoms with Crippen LogP contribution in [-0.2, 0) is 0 Å². The average molecular weight is 168 g/mol. The van der Waals surface area contributed by atoms with Crippen LogP contribution in [0.3, 0.4) is 0 Å². The molecule has 0 bridgehead atoms. The van der Waals surface area contributed by atoms with Crippen molar-refractivity contribution in [3.05, 3.63) is 0 Å². The van der Waals surface area contributed by atoms with E-state index in [0.29, 0.717) is 10.8 Å². The normalized spacial score (nSPS) is 23.0. The molecule has 0 aromatic rings. The summed E-state index contributed by atoms with van der Waals surface area (Å²) in [6, 6.07) is 0. The molecule has 0 heterocycles. The standard InChI is InChI=1S/C12H24/c1-5-11(3,4)12(6-2)9-7-8-10-12/h5-10H2,1-4H3. The SMILES string of the molecule is CCC(C)(C)C1(CC)CCCC1. The summed E-state index contributed by atoms with van der Waals surface area (Å²) in [6.07, 6.45) is 8.61. The lowest BCUT2D eigenvalue weighted by Crippen LogP contribution is -2.34. The van der Waals surface area contributed by atoms with Crippen LogP contribution in [-0.4, -0.2) is 0 Å². The van der Waals surface area contributed by atoms with E-state index in [1.807, 2.05) is 0 Å². The Hall–Kier alpha value is 0. The van der Waals surface area contributed by atoms with Gasteiger partial charge in [0.15, 0.2) is 0 Å². The Morgan fingerprint density at radius 3 is 1.92 bits per heavy atom. The molecule has 0 heteroatoms. The minimum Gasteiger partial charge on any atom is -0.0649 e. The zero-order valence-corrected chi connectivity index (χ0v) is 9.24. The van der Waals surface area contributed by atoms with Crippen LogP contribution in [0.2, 0.25) is 0 Å². The second-order valence-electron chi connectivity index (χ2n) is 5.08. The molecule has 0 N–H and O–H groups in total. The Kier molecular flexibility index (Phi) is 2.85. The molecule has 0 atom stereocenters. The largest absolute Gasteiger partial charge is 0.0649 e. The Morgan fingerprint density at radius 2 is 1.58 bits per heavy atom. The van der Waals surface area contributed by atoms with Gasteiger partial charge in [-0.15, -0.1) is 0 Å². The highest BCUT2D eigenvalue weighted by molar-refractivity contribution is 4.94. The summed E-state index contributed by atoms with van der Waals surface area (Å²) in [5.41, 5.74) is 1.25. The summed E-state index contributed by atoms with van der Waals surface area (Å²) in [5, 5.41) is 0. The number of hydrogen-bond donors (Lipinski definition) is 0. The first-order valence-corrected chi connectivity index (χ1v) is 5.58. The van der Waals surface area contributed by atoms with E-state index in [9.17, 15) is 0 Å². The van der Waals surface area contributed by atoms with Crippen LogP contribution in [0.25, 0.3) is 0 Å². The second kappa shape index (κ2) is 3.40. The lowest BCUT2D eigenvalue weighted by atomic mass is 9.61. The minimum absolute atomic E-state index is 0.568. The number of hydrogen-bond acceptors (Lipinski definition) is 0. The Balaban J connectivity index is 2.78. The van der Waals surface area contributed by atoms with Crippen molar-refractivity contribution >= 4 is 0 Å². The van der Waals surface area contributed by atoms with Crippen LogP contribution in [0.4, 0.5) is 0 Å². The van der Waals surface area contributed by atoms with Gasteiger partial charge in [0.1, 0.15) is 0 Å². The van der Waals surface area contributed by atoms with Crippen molar-refractivity contribution in [1.29, 1.82) is 0 Å². The predicted molar refractivity (Wildman–Crippen MR) is 55.3 cm³/mol. The molecule has 0 radical (unpaired) electrons. The number of rotatable bonds is 3. The van der Waals surface area contributed by atoms with Crippen molar-refractivity contribution in [2.24, 2.45) is 10.8 Å². The highest BCUT2D eigenvalue weighted by Gasteiger charge is 2.43. The molecule has 0 unspecified atom stereocenters. The monoisotopic (exact) mass is 168 g/mol. The third-order valence-electron chi connectivity index (χ3n) is 4.56. The minimum atomic E-state index is 0.568. The van der Waals surface area contributed by atoms with Gasteiger partial charge in [0.2, 0.25) is 0 Å². The molecule has 1 aliphatic rings. The van der Waals surface area contributed by atoms with Crippen molar-refractivity contribution in [3.8, 4) is 0 Å². The third kappa shape index (κ3) is 1.41. The lowest BCUT2D eigenvalue weighted by molar-refractivity contribution is 0.0649. The summed E-state index contributed by atoms with van der Waals surface area (Å²) in [7, 11) is 0. The molecule has 0 amide bonds. The molecule has 0 aromatic carbocycles. The van der Waals surface area contributed by atoms with Gasteiger partial charge in [0.25, 0.3) is 0 Å². The van der Waals surface area contributed by atoms with Crippen LogP contribution in [0.5, 0.6) is 0 Å². The highest BCUT2D eigenvalue weighted by Crippen LogP contribution is 2.54. The van der Waals surface area contributed by atoms with Crippen molar-refractivity contribution in [2.45, 2.75) is 66.2 Å². The van der Waals surface area contributed by atoms with Gasteiger partial charge >= 0.3 is 0 Å². The Morgan fingerprint density at radius 1 is 1.08 bits per heavy atom. The molecule has 1 saturated carbocycles. The van der Waals surface area contributed by atoms with Gasteiger partial charge < -0.3 is 0 Å². The predicted octanol–water partition coefficient (Wildman–Crippen LogP) is 4.39. The molecule has 12 heavy (non-hydrogen) atoms. The maximum absolute atomic E-state index is 2.46. The van der Waals surface area contributed by atoms with E-state index >= 15 is 0 Å². The Labute approximate surface area is 77.7 Å². The third-order valence-corrected chi connectivity index (χ3v) is 4.56. The first kappa shape index (κ1) is 10.1. The van der Waals surface area contributed by atoms with Crippen molar-refractivity contribution in [2.75, 3.05) is 0 Å². The molecule has 0 nitrogen and oxygen atoms in total. The van der Waals surface area contributed by atoms with Gasteiger partial charge in [-0.2, -0.15) is 0 Å². The quantitative estimate of drug-likeness (QED) is 0.586. The molecular formula is C12H24. The van der Waals surface area contributed by atoms with Gasteiger partial charge in [0.05, 0.1) is 0 Å². The summed E-state index contributed by atoms with van der Waals surface area (Å²) < 4.78 is 0. The van der Waals surface area contributed by atoms with E-state index in [0.717, 1.165) is 0 Å². The molecule has 1 aliphatic carbocycles. The summed E-state index contributed by atoms with van der Waals surface area (Å²) in [6.45, 7) is 9.64. The topological polar surface area (TPSA) is 0 Å². The van der Waals surface area contributed by atoms with E-state index in [4.69, 9.17) is 0 Å². The van der Waals surface area contributed by atoms with Crippen LogP contribution >= 0.6 is 0 Å². The zero-order valence-electron chi connectivity index (χ0n) is 9.24. The van der Waals surface area contributed by atoms with E-state index in [-0.39, 0.29) is 0 Å². The average Bonchev–Trinajstić information content (AvgIpc) is 2.53. The fraction of sp³-hybridized carbons (Fsp3) is 1.00. The van der Waals surface area contributed by atoms with Gasteiger partial charge in [-0.3, -0.25) is 0 Å². The second-order valence-corrected chi connectivity index (χ2v) is 5.08. The first-order chi connectivity index (χ1) is 5.58. The summed E-state index contributed by atoms with van der Waals surface area (Å²) >= 11 is 0.